The lowest BCUT2D eigenvalue weighted by Crippen LogP contribution is -2.47. The van der Waals surface area contributed by atoms with Crippen LogP contribution in [0.2, 0.25) is 0 Å². The van der Waals surface area contributed by atoms with Crippen molar-refractivity contribution in [2.45, 2.75) is 39.2 Å². The maximum Gasteiger partial charge on any atom is 0.258 e. The molecule has 2 N–H and O–H groups in total. The number of hydrogen-bond donors (Lipinski definition) is 2. The lowest BCUT2D eigenvalue weighted by Gasteiger charge is -2.29. The van der Waals surface area contributed by atoms with Gasteiger partial charge in [-0.1, -0.05) is 19.1 Å². The smallest absolute Gasteiger partial charge is 0.258 e. The molecular weight excluding hydrogens is 270 g/mol. The molecule has 0 aliphatic rings. The van der Waals surface area contributed by atoms with Gasteiger partial charge in [0.25, 0.3) is 5.91 Å². The highest BCUT2D eigenvalue weighted by molar-refractivity contribution is 5.78. The normalized spacial score (nSPS) is 13.3. The average Bonchev–Trinajstić information content (AvgIpc) is 2.47. The molecule has 0 aliphatic heterocycles. The molecule has 0 fully saturated rings. The van der Waals surface area contributed by atoms with E-state index in [0.29, 0.717) is 24.5 Å². The van der Waals surface area contributed by atoms with Crippen molar-refractivity contribution in [3.63, 3.8) is 0 Å². The molecule has 118 valence electrons. The van der Waals surface area contributed by atoms with Crippen molar-refractivity contribution in [2.24, 2.45) is 0 Å². The molecule has 0 aromatic heterocycles. The third kappa shape index (κ3) is 5.63. The van der Waals surface area contributed by atoms with Gasteiger partial charge >= 0.3 is 0 Å². The number of nitrogens with one attached hydrogen (secondary N) is 1. The van der Waals surface area contributed by atoms with Crippen molar-refractivity contribution in [2.75, 3.05) is 19.8 Å². The molecular formula is C16H25NO4. The van der Waals surface area contributed by atoms with Crippen molar-refractivity contribution in [3.05, 3.63) is 24.3 Å². The van der Waals surface area contributed by atoms with Gasteiger partial charge in [0.05, 0.1) is 6.61 Å². The van der Waals surface area contributed by atoms with Gasteiger partial charge in [-0.3, -0.25) is 4.79 Å². The molecule has 1 aromatic rings. The van der Waals surface area contributed by atoms with E-state index in [4.69, 9.17) is 14.6 Å². The van der Waals surface area contributed by atoms with Crippen molar-refractivity contribution in [1.82, 2.24) is 5.32 Å². The second-order valence-electron chi connectivity index (χ2n) is 5.10. The predicted octanol–water partition coefficient (Wildman–Crippen LogP) is 2.13. The summed E-state index contributed by atoms with van der Waals surface area (Å²) in [6.45, 7) is 6.28. The van der Waals surface area contributed by atoms with E-state index in [1.165, 1.54) is 0 Å². The summed E-state index contributed by atoms with van der Waals surface area (Å²) in [5, 5.41) is 12.0. The number of para-hydroxylation sites is 2. The largest absolute Gasteiger partial charge is 0.490 e. The molecule has 0 heterocycles. The maximum atomic E-state index is 12.0. The van der Waals surface area contributed by atoms with Crippen LogP contribution in [0.4, 0.5) is 0 Å². The number of rotatable bonds is 9. The lowest BCUT2D eigenvalue weighted by atomic mass is 9.95. The highest BCUT2D eigenvalue weighted by Gasteiger charge is 2.23. The van der Waals surface area contributed by atoms with Gasteiger partial charge in [-0.25, -0.2) is 0 Å². The fourth-order valence-corrected chi connectivity index (χ4v) is 1.93. The number of carbonyl (C=O) groups is 1. The first-order valence-electron chi connectivity index (χ1n) is 7.31. The molecule has 0 spiro atoms. The standard InChI is InChI=1S/C16H25NO4/c1-4-16(3,10-11-18)17-15(19)12-21-14-9-7-6-8-13(14)20-5-2/h6-9,18H,4-5,10-12H2,1-3H3,(H,17,19). The molecule has 0 aliphatic carbocycles. The monoisotopic (exact) mass is 295 g/mol. The first-order valence-corrected chi connectivity index (χ1v) is 7.31. The lowest BCUT2D eigenvalue weighted by molar-refractivity contribution is -0.125. The van der Waals surface area contributed by atoms with E-state index in [2.05, 4.69) is 5.32 Å². The number of carbonyl (C=O) groups excluding carboxylic acids is 1. The molecule has 1 unspecified atom stereocenters. The SMILES string of the molecule is CCOc1ccccc1OCC(=O)NC(C)(CC)CCO. The minimum Gasteiger partial charge on any atom is -0.490 e. The Hall–Kier alpha value is -1.75. The van der Waals surface area contributed by atoms with Crippen LogP contribution in [0.5, 0.6) is 11.5 Å². The summed E-state index contributed by atoms with van der Waals surface area (Å²) in [5.74, 6) is 0.968. The van der Waals surface area contributed by atoms with Gasteiger partial charge < -0.3 is 19.9 Å². The fraction of sp³-hybridized carbons (Fsp3) is 0.562. The zero-order valence-electron chi connectivity index (χ0n) is 13.0. The topological polar surface area (TPSA) is 67.8 Å². The summed E-state index contributed by atoms with van der Waals surface area (Å²) in [6.07, 6.45) is 1.26. The van der Waals surface area contributed by atoms with E-state index < -0.39 is 5.54 Å². The van der Waals surface area contributed by atoms with Crippen LogP contribution in [0.15, 0.2) is 24.3 Å². The predicted molar refractivity (Wildman–Crippen MR) is 81.6 cm³/mol. The third-order valence-corrected chi connectivity index (χ3v) is 3.39. The summed E-state index contributed by atoms with van der Waals surface area (Å²) in [7, 11) is 0. The second-order valence-corrected chi connectivity index (χ2v) is 5.10. The van der Waals surface area contributed by atoms with Crippen LogP contribution in [-0.2, 0) is 4.79 Å². The van der Waals surface area contributed by atoms with Crippen LogP contribution in [0, 0.1) is 0 Å². The average molecular weight is 295 g/mol. The molecule has 1 atom stereocenters. The van der Waals surface area contributed by atoms with Gasteiger partial charge in [0.15, 0.2) is 18.1 Å². The summed E-state index contributed by atoms with van der Waals surface area (Å²) in [5.41, 5.74) is -0.408. The van der Waals surface area contributed by atoms with Crippen molar-refractivity contribution in [3.8, 4) is 11.5 Å². The zero-order chi connectivity index (χ0) is 15.7. The summed E-state index contributed by atoms with van der Waals surface area (Å²) >= 11 is 0. The van der Waals surface area contributed by atoms with Gasteiger partial charge in [0, 0.05) is 12.1 Å². The van der Waals surface area contributed by atoms with Crippen LogP contribution in [0.3, 0.4) is 0 Å². The fourth-order valence-electron chi connectivity index (χ4n) is 1.93. The molecule has 5 nitrogen and oxygen atoms in total. The zero-order valence-corrected chi connectivity index (χ0v) is 13.0. The van der Waals surface area contributed by atoms with Crippen LogP contribution >= 0.6 is 0 Å². The minimum absolute atomic E-state index is 0.0403. The number of aliphatic hydroxyl groups is 1. The Morgan fingerprint density at radius 3 is 2.38 bits per heavy atom. The van der Waals surface area contributed by atoms with Crippen molar-refractivity contribution in [1.29, 1.82) is 0 Å². The summed E-state index contributed by atoms with van der Waals surface area (Å²) in [4.78, 5) is 12.0. The first-order chi connectivity index (χ1) is 10.0. The van der Waals surface area contributed by atoms with E-state index in [0.717, 1.165) is 6.42 Å². The Labute approximate surface area is 126 Å². The third-order valence-electron chi connectivity index (χ3n) is 3.39. The van der Waals surface area contributed by atoms with E-state index in [1.54, 1.807) is 12.1 Å². The van der Waals surface area contributed by atoms with Gasteiger partial charge in [0.2, 0.25) is 0 Å². The molecule has 1 aromatic carbocycles. The Morgan fingerprint density at radius 2 is 1.86 bits per heavy atom. The van der Waals surface area contributed by atoms with Crippen LogP contribution < -0.4 is 14.8 Å². The van der Waals surface area contributed by atoms with Crippen LogP contribution in [-0.4, -0.2) is 36.4 Å². The van der Waals surface area contributed by atoms with Gasteiger partial charge in [0.1, 0.15) is 0 Å². The first kappa shape index (κ1) is 17.3. The van der Waals surface area contributed by atoms with E-state index in [9.17, 15) is 4.79 Å². The molecule has 0 saturated heterocycles. The Balaban J connectivity index is 2.57. The number of aliphatic hydroxyl groups excluding tert-OH is 1. The quantitative estimate of drug-likeness (QED) is 0.732. The van der Waals surface area contributed by atoms with E-state index >= 15 is 0 Å². The van der Waals surface area contributed by atoms with Crippen LogP contribution in [0.25, 0.3) is 0 Å². The molecule has 1 amide bonds. The van der Waals surface area contributed by atoms with Gasteiger partial charge in [-0.15, -0.1) is 0 Å². The number of ether oxygens (including phenoxy) is 2. The minimum atomic E-state index is -0.408. The second kappa shape index (κ2) is 8.52. The number of amides is 1. The number of hydrogen-bond acceptors (Lipinski definition) is 4. The molecule has 0 saturated carbocycles. The van der Waals surface area contributed by atoms with Crippen LogP contribution in [0.1, 0.15) is 33.6 Å². The Kier molecular flexibility index (Phi) is 7.02. The molecule has 0 bridgehead atoms. The molecule has 0 radical (unpaired) electrons. The van der Waals surface area contributed by atoms with Crippen molar-refractivity contribution >= 4 is 5.91 Å². The molecule has 1 rings (SSSR count). The maximum absolute atomic E-state index is 12.0. The molecule has 5 heteroatoms. The van der Waals surface area contributed by atoms with E-state index in [1.807, 2.05) is 32.9 Å². The number of benzene rings is 1. The van der Waals surface area contributed by atoms with E-state index in [-0.39, 0.29) is 19.1 Å². The summed E-state index contributed by atoms with van der Waals surface area (Å²) in [6, 6.07) is 7.26. The van der Waals surface area contributed by atoms with Gasteiger partial charge in [-0.2, -0.15) is 0 Å². The molecule has 21 heavy (non-hydrogen) atoms. The Bertz CT molecular complexity index is 450. The Morgan fingerprint density at radius 1 is 1.24 bits per heavy atom. The summed E-state index contributed by atoms with van der Waals surface area (Å²) < 4.78 is 11.0. The van der Waals surface area contributed by atoms with Crippen molar-refractivity contribution < 1.29 is 19.4 Å². The highest BCUT2D eigenvalue weighted by Crippen LogP contribution is 2.26. The van der Waals surface area contributed by atoms with Gasteiger partial charge in [-0.05, 0) is 38.8 Å². The highest BCUT2D eigenvalue weighted by atomic mass is 16.5.